The summed E-state index contributed by atoms with van der Waals surface area (Å²) in [5.41, 5.74) is 5.79. The highest BCUT2D eigenvalue weighted by Gasteiger charge is 2.25. The molecule has 0 aliphatic rings. The molecule has 186 valence electrons. The van der Waals surface area contributed by atoms with E-state index in [4.69, 9.17) is 5.73 Å². The first-order valence-corrected chi connectivity index (χ1v) is 11.7. The van der Waals surface area contributed by atoms with Gasteiger partial charge in [0.15, 0.2) is 5.69 Å². The second kappa shape index (κ2) is 12.1. The molecule has 1 aromatic carbocycles. The number of urea groups is 1. The molecule has 0 atom stereocenters. The van der Waals surface area contributed by atoms with Gasteiger partial charge in [-0.15, -0.1) is 0 Å². The van der Waals surface area contributed by atoms with E-state index in [0.717, 1.165) is 6.42 Å². The number of hydrogen-bond donors (Lipinski definition) is 4. The van der Waals surface area contributed by atoms with E-state index in [2.05, 4.69) is 15.6 Å². The van der Waals surface area contributed by atoms with Crippen LogP contribution in [0.15, 0.2) is 33.9 Å². The summed E-state index contributed by atoms with van der Waals surface area (Å²) in [5, 5.41) is 5.43. The van der Waals surface area contributed by atoms with Crippen molar-refractivity contribution in [2.24, 2.45) is 5.92 Å². The molecule has 34 heavy (non-hydrogen) atoms. The molecular weight excluding hydrogens is 436 g/mol. The van der Waals surface area contributed by atoms with Gasteiger partial charge in [0.2, 0.25) is 0 Å². The molecule has 10 heteroatoms. The number of unbranched alkanes of at least 4 members (excludes halogenated alkanes) is 1. The molecule has 0 aliphatic carbocycles. The van der Waals surface area contributed by atoms with Crippen LogP contribution in [0, 0.1) is 5.92 Å². The van der Waals surface area contributed by atoms with Crippen molar-refractivity contribution in [3.63, 3.8) is 0 Å². The Morgan fingerprint density at radius 2 is 1.76 bits per heavy atom. The number of nitrogens with one attached hydrogen (secondary N) is 3. The minimum absolute atomic E-state index is 0.0143. The molecule has 3 amide bonds. The lowest BCUT2D eigenvalue weighted by Gasteiger charge is -2.25. The zero-order valence-corrected chi connectivity index (χ0v) is 20.6. The fraction of sp³-hybridized carbons (Fsp3) is 0.500. The van der Waals surface area contributed by atoms with Crippen LogP contribution in [0.1, 0.15) is 64.2 Å². The average molecular weight is 473 g/mol. The number of benzene rings is 1. The Morgan fingerprint density at radius 1 is 1.12 bits per heavy atom. The highest BCUT2D eigenvalue weighted by Crippen LogP contribution is 2.22. The number of nitrogen functional groups attached to an aromatic ring is 1. The van der Waals surface area contributed by atoms with E-state index in [0.29, 0.717) is 30.6 Å². The Bertz CT molecular complexity index is 1100. The number of nitrogens with zero attached hydrogens (tertiary/aromatic N) is 2. The van der Waals surface area contributed by atoms with Crippen molar-refractivity contribution >= 4 is 29.1 Å². The van der Waals surface area contributed by atoms with Gasteiger partial charge in [-0.3, -0.25) is 19.1 Å². The molecule has 0 radical (unpaired) electrons. The van der Waals surface area contributed by atoms with E-state index in [1.165, 1.54) is 9.47 Å². The molecule has 1 aromatic heterocycles. The number of carbonyl (C=O) groups is 2. The van der Waals surface area contributed by atoms with Gasteiger partial charge >= 0.3 is 11.7 Å². The van der Waals surface area contributed by atoms with E-state index >= 15 is 0 Å². The Labute approximate surface area is 199 Å². The highest BCUT2D eigenvalue weighted by molar-refractivity contribution is 6.07. The first-order chi connectivity index (χ1) is 16.0. The van der Waals surface area contributed by atoms with Gasteiger partial charge in [-0.25, -0.2) is 9.59 Å². The fourth-order valence-corrected chi connectivity index (χ4v) is 3.36. The van der Waals surface area contributed by atoms with Crippen LogP contribution in [0.2, 0.25) is 0 Å². The Balaban J connectivity index is 2.42. The van der Waals surface area contributed by atoms with Gasteiger partial charge in [0.1, 0.15) is 5.82 Å². The lowest BCUT2D eigenvalue weighted by Crippen LogP contribution is -2.42. The number of aromatic amines is 1. The van der Waals surface area contributed by atoms with Crippen LogP contribution in [0.3, 0.4) is 0 Å². The summed E-state index contributed by atoms with van der Waals surface area (Å²) >= 11 is 0. The normalized spacial score (nSPS) is 11.0. The van der Waals surface area contributed by atoms with Crippen LogP contribution in [0.4, 0.5) is 22.0 Å². The number of amides is 3. The molecule has 2 rings (SSSR count). The summed E-state index contributed by atoms with van der Waals surface area (Å²) in [7, 11) is 0. The van der Waals surface area contributed by atoms with E-state index in [1.807, 2.05) is 34.6 Å². The van der Waals surface area contributed by atoms with Crippen molar-refractivity contribution in [2.45, 2.75) is 66.5 Å². The SMILES string of the molecule is CCCCn1c(N)c(N(CCC(C)C)C(=O)c2ccc(NC(=O)NC(C)C)cc2)c(=O)[nH]c1=O. The van der Waals surface area contributed by atoms with Crippen molar-refractivity contribution in [2.75, 3.05) is 22.5 Å². The minimum atomic E-state index is -0.698. The van der Waals surface area contributed by atoms with E-state index in [-0.39, 0.29) is 36.0 Å². The molecule has 0 bridgehead atoms. The molecular formula is C24H36N6O4. The molecule has 0 fully saturated rings. The van der Waals surface area contributed by atoms with Crippen LogP contribution >= 0.6 is 0 Å². The van der Waals surface area contributed by atoms with Crippen molar-refractivity contribution in [3.05, 3.63) is 50.7 Å². The topological polar surface area (TPSA) is 142 Å². The first kappa shape index (κ1) is 26.7. The zero-order valence-electron chi connectivity index (χ0n) is 20.6. The smallest absolute Gasteiger partial charge is 0.330 e. The number of nitrogens with two attached hydrogens (primary N) is 1. The summed E-state index contributed by atoms with van der Waals surface area (Å²) < 4.78 is 1.30. The van der Waals surface area contributed by atoms with Crippen molar-refractivity contribution in [1.82, 2.24) is 14.9 Å². The quantitative estimate of drug-likeness (QED) is 0.420. The van der Waals surface area contributed by atoms with Crippen LogP contribution in [-0.2, 0) is 6.54 Å². The average Bonchev–Trinajstić information content (AvgIpc) is 2.75. The first-order valence-electron chi connectivity index (χ1n) is 11.7. The summed E-state index contributed by atoms with van der Waals surface area (Å²) in [5.74, 6) is -0.174. The molecule has 0 aliphatic heterocycles. The van der Waals surface area contributed by atoms with E-state index in [9.17, 15) is 19.2 Å². The van der Waals surface area contributed by atoms with Gasteiger partial charge in [0.05, 0.1) is 0 Å². The van der Waals surface area contributed by atoms with Crippen LogP contribution in [0.5, 0.6) is 0 Å². The molecule has 5 N–H and O–H groups in total. The second-order valence-electron chi connectivity index (χ2n) is 8.97. The number of rotatable bonds is 10. The lowest BCUT2D eigenvalue weighted by molar-refractivity contribution is 0.0985. The Kier molecular flexibility index (Phi) is 9.47. The number of hydrogen-bond acceptors (Lipinski definition) is 5. The molecule has 1 heterocycles. The van der Waals surface area contributed by atoms with Crippen LogP contribution in [0.25, 0.3) is 0 Å². The van der Waals surface area contributed by atoms with Gasteiger partial charge in [-0.05, 0) is 56.9 Å². The van der Waals surface area contributed by atoms with E-state index < -0.39 is 17.2 Å². The second-order valence-corrected chi connectivity index (χ2v) is 8.97. The van der Waals surface area contributed by atoms with E-state index in [1.54, 1.807) is 24.3 Å². The maximum Gasteiger partial charge on any atom is 0.330 e. The maximum atomic E-state index is 13.5. The van der Waals surface area contributed by atoms with Gasteiger partial charge in [-0.1, -0.05) is 27.2 Å². The molecule has 2 aromatic rings. The predicted octanol–water partition coefficient (Wildman–Crippen LogP) is 3.14. The summed E-state index contributed by atoms with van der Waals surface area (Å²) in [6.07, 6.45) is 2.17. The molecule has 10 nitrogen and oxygen atoms in total. The number of anilines is 3. The van der Waals surface area contributed by atoms with Gasteiger partial charge < -0.3 is 21.3 Å². The molecule has 0 unspecified atom stereocenters. The van der Waals surface area contributed by atoms with Crippen molar-refractivity contribution in [3.8, 4) is 0 Å². The predicted molar refractivity (Wildman–Crippen MR) is 136 cm³/mol. The fourth-order valence-electron chi connectivity index (χ4n) is 3.36. The third-order valence-corrected chi connectivity index (χ3v) is 5.20. The molecule has 0 saturated carbocycles. The Hall–Kier alpha value is -3.56. The summed E-state index contributed by atoms with van der Waals surface area (Å²) in [6.45, 7) is 10.3. The number of carbonyl (C=O) groups excluding carboxylic acids is 2. The largest absolute Gasteiger partial charge is 0.383 e. The van der Waals surface area contributed by atoms with Crippen LogP contribution < -0.4 is 32.5 Å². The Morgan fingerprint density at radius 3 is 2.32 bits per heavy atom. The third-order valence-electron chi connectivity index (χ3n) is 5.20. The van der Waals surface area contributed by atoms with Gasteiger partial charge in [0, 0.05) is 30.4 Å². The summed E-state index contributed by atoms with van der Waals surface area (Å²) in [6, 6.07) is 6.02. The van der Waals surface area contributed by atoms with Gasteiger partial charge in [0.25, 0.3) is 11.5 Å². The lowest BCUT2D eigenvalue weighted by atomic mass is 10.1. The maximum absolute atomic E-state index is 13.5. The molecule has 0 saturated heterocycles. The monoisotopic (exact) mass is 472 g/mol. The minimum Gasteiger partial charge on any atom is -0.383 e. The molecule has 0 spiro atoms. The van der Waals surface area contributed by atoms with Crippen molar-refractivity contribution in [1.29, 1.82) is 0 Å². The van der Waals surface area contributed by atoms with Crippen molar-refractivity contribution < 1.29 is 9.59 Å². The number of H-pyrrole nitrogens is 1. The standard InChI is InChI=1S/C24H36N6O4/c1-6-7-13-30-20(25)19(21(31)28-24(30)34)29(14-12-15(2)3)22(32)17-8-10-18(11-9-17)27-23(33)26-16(4)5/h8-11,15-16H,6-7,12-14,25H2,1-5H3,(H2,26,27,33)(H,28,31,34). The third kappa shape index (κ3) is 6.97. The summed E-state index contributed by atoms with van der Waals surface area (Å²) in [4.78, 5) is 54.1. The zero-order chi connectivity index (χ0) is 25.4. The number of aromatic nitrogens is 2. The van der Waals surface area contributed by atoms with Gasteiger partial charge in [-0.2, -0.15) is 0 Å². The highest BCUT2D eigenvalue weighted by atomic mass is 16.2. The van der Waals surface area contributed by atoms with Crippen LogP contribution in [-0.4, -0.2) is 34.1 Å².